The smallest absolute Gasteiger partial charge is 0.262 e. The number of hydrogen-bond donors (Lipinski definition) is 0. The predicted octanol–water partition coefficient (Wildman–Crippen LogP) is 3.71. The highest BCUT2D eigenvalue weighted by atomic mass is 16.5. The average molecular weight is 426 g/mol. The van der Waals surface area contributed by atoms with Crippen LogP contribution in [0.1, 0.15) is 33.2 Å². The summed E-state index contributed by atoms with van der Waals surface area (Å²) in [5.74, 6) is -0.561. The summed E-state index contributed by atoms with van der Waals surface area (Å²) in [4.78, 5) is 43.3. The van der Waals surface area contributed by atoms with Crippen LogP contribution in [0, 0.1) is 0 Å². The summed E-state index contributed by atoms with van der Waals surface area (Å²) in [7, 11) is 0. The maximum absolute atomic E-state index is 14.0. The van der Waals surface area contributed by atoms with Crippen LogP contribution in [0.4, 0.5) is 5.69 Å². The van der Waals surface area contributed by atoms with Gasteiger partial charge in [0, 0.05) is 6.42 Å². The molecule has 0 aromatic heterocycles. The maximum atomic E-state index is 14.0. The number of carbonyl (C=O) groups is 3. The molecule has 0 saturated carbocycles. The number of rotatable bonds is 4. The van der Waals surface area contributed by atoms with Gasteiger partial charge < -0.3 is 9.64 Å². The topological polar surface area (TPSA) is 66.9 Å². The normalized spacial score (nSPS) is 18.1. The number of para-hydroxylation sites is 2. The Kier molecular flexibility index (Phi) is 4.98. The summed E-state index contributed by atoms with van der Waals surface area (Å²) in [6.07, 6.45) is 0.234. The van der Waals surface area contributed by atoms with Crippen molar-refractivity contribution >= 4 is 23.4 Å². The van der Waals surface area contributed by atoms with Gasteiger partial charge in [-0.2, -0.15) is 0 Å². The Morgan fingerprint density at radius 1 is 0.906 bits per heavy atom. The molecule has 32 heavy (non-hydrogen) atoms. The molecular formula is C26H22N2O4. The zero-order valence-electron chi connectivity index (χ0n) is 17.6. The van der Waals surface area contributed by atoms with Crippen LogP contribution >= 0.6 is 0 Å². The van der Waals surface area contributed by atoms with E-state index in [-0.39, 0.29) is 18.4 Å². The van der Waals surface area contributed by atoms with E-state index in [0.717, 1.165) is 10.5 Å². The molecular weight excluding hydrogens is 404 g/mol. The summed E-state index contributed by atoms with van der Waals surface area (Å²) in [5.41, 5.74) is 2.18. The second-order valence-corrected chi connectivity index (χ2v) is 8.07. The Labute approximate surface area is 186 Å². The summed E-state index contributed by atoms with van der Waals surface area (Å²) in [5, 5.41) is 0. The molecule has 2 aliphatic heterocycles. The molecule has 0 aliphatic carbocycles. The molecule has 0 radical (unpaired) electrons. The highest BCUT2D eigenvalue weighted by molar-refractivity contribution is 6.23. The van der Waals surface area contributed by atoms with Crippen molar-refractivity contribution in [3.05, 3.63) is 95.6 Å². The quantitative estimate of drug-likeness (QED) is 0.597. The van der Waals surface area contributed by atoms with E-state index in [2.05, 4.69) is 0 Å². The molecule has 0 bridgehead atoms. The van der Waals surface area contributed by atoms with Crippen molar-refractivity contribution in [2.24, 2.45) is 0 Å². The number of anilines is 1. The van der Waals surface area contributed by atoms with E-state index in [4.69, 9.17) is 4.74 Å². The molecule has 0 spiro atoms. The van der Waals surface area contributed by atoms with Crippen molar-refractivity contribution in [3.8, 4) is 5.75 Å². The van der Waals surface area contributed by atoms with Gasteiger partial charge in [0.1, 0.15) is 18.4 Å². The van der Waals surface area contributed by atoms with Gasteiger partial charge in [0.2, 0.25) is 0 Å². The molecule has 2 aliphatic rings. The third kappa shape index (κ3) is 3.24. The first kappa shape index (κ1) is 20.0. The van der Waals surface area contributed by atoms with E-state index in [9.17, 15) is 14.4 Å². The van der Waals surface area contributed by atoms with Crippen LogP contribution in [0.15, 0.2) is 78.9 Å². The third-order valence-electron chi connectivity index (χ3n) is 5.98. The van der Waals surface area contributed by atoms with Gasteiger partial charge in [-0.3, -0.25) is 19.3 Å². The lowest BCUT2D eigenvalue weighted by atomic mass is 10.0. The number of ether oxygens (including phenoxy) is 1. The van der Waals surface area contributed by atoms with Gasteiger partial charge >= 0.3 is 0 Å². The Morgan fingerprint density at radius 2 is 1.50 bits per heavy atom. The number of benzene rings is 3. The summed E-state index contributed by atoms with van der Waals surface area (Å²) >= 11 is 0. The molecule has 5 rings (SSSR count). The minimum atomic E-state index is -0.974. The number of imide groups is 1. The lowest BCUT2D eigenvalue weighted by Gasteiger charge is -2.38. The van der Waals surface area contributed by atoms with Crippen molar-refractivity contribution in [1.82, 2.24) is 4.90 Å². The largest absolute Gasteiger partial charge is 0.489 e. The monoisotopic (exact) mass is 426 g/mol. The van der Waals surface area contributed by atoms with Crippen LogP contribution in [-0.4, -0.2) is 41.3 Å². The first-order valence-corrected chi connectivity index (χ1v) is 10.6. The van der Waals surface area contributed by atoms with Crippen molar-refractivity contribution < 1.29 is 19.1 Å². The first-order valence-electron chi connectivity index (χ1n) is 10.6. The van der Waals surface area contributed by atoms with E-state index in [0.29, 0.717) is 29.2 Å². The maximum Gasteiger partial charge on any atom is 0.262 e. The van der Waals surface area contributed by atoms with Crippen molar-refractivity contribution in [3.63, 3.8) is 0 Å². The van der Waals surface area contributed by atoms with Crippen LogP contribution in [0.5, 0.6) is 5.75 Å². The van der Waals surface area contributed by atoms with Gasteiger partial charge in [-0.05, 0) is 36.8 Å². The Morgan fingerprint density at radius 3 is 2.19 bits per heavy atom. The molecule has 6 nitrogen and oxygen atoms in total. The Balaban J connectivity index is 1.58. The Bertz CT molecular complexity index is 1170. The first-order chi connectivity index (χ1) is 15.6. The minimum Gasteiger partial charge on any atom is -0.489 e. The molecule has 2 atom stereocenters. The molecule has 3 aromatic carbocycles. The van der Waals surface area contributed by atoms with Crippen LogP contribution in [0.3, 0.4) is 0 Å². The van der Waals surface area contributed by atoms with E-state index < -0.39 is 17.9 Å². The Hall–Kier alpha value is -3.93. The van der Waals surface area contributed by atoms with Gasteiger partial charge in [-0.15, -0.1) is 0 Å². The highest BCUT2D eigenvalue weighted by Crippen LogP contribution is 2.35. The van der Waals surface area contributed by atoms with E-state index in [1.165, 1.54) is 0 Å². The number of amides is 3. The van der Waals surface area contributed by atoms with Crippen LogP contribution in [0.2, 0.25) is 0 Å². The van der Waals surface area contributed by atoms with Crippen molar-refractivity contribution in [2.75, 3.05) is 11.5 Å². The summed E-state index contributed by atoms with van der Waals surface area (Å²) in [6.45, 7) is 2.23. The van der Waals surface area contributed by atoms with Gasteiger partial charge in [0.05, 0.1) is 22.9 Å². The van der Waals surface area contributed by atoms with E-state index in [1.807, 2.05) is 61.5 Å². The van der Waals surface area contributed by atoms with E-state index >= 15 is 0 Å². The third-order valence-corrected chi connectivity index (χ3v) is 5.98. The second kappa shape index (κ2) is 7.96. The number of hydrogen-bond acceptors (Lipinski definition) is 4. The summed E-state index contributed by atoms with van der Waals surface area (Å²) < 4.78 is 5.79. The number of fused-ring (bicyclic) bond motifs is 2. The lowest BCUT2D eigenvalue weighted by Crippen LogP contribution is -2.56. The molecule has 6 heteroatoms. The lowest BCUT2D eigenvalue weighted by molar-refractivity contribution is -0.123. The fourth-order valence-corrected chi connectivity index (χ4v) is 4.41. The molecule has 0 saturated heterocycles. The van der Waals surface area contributed by atoms with Gasteiger partial charge in [0.25, 0.3) is 17.7 Å². The van der Waals surface area contributed by atoms with Gasteiger partial charge in [-0.1, -0.05) is 54.6 Å². The summed E-state index contributed by atoms with van der Waals surface area (Å²) in [6, 6.07) is 22.3. The number of nitrogens with zero attached hydrogens (tertiary/aromatic N) is 2. The molecule has 3 amide bonds. The SMILES string of the molecule is C[C@H]1COc2ccccc2N1C(=O)[C@H](Cc1ccccc1)N1C(=O)c2ccccc2C1=O. The van der Waals surface area contributed by atoms with Crippen LogP contribution in [-0.2, 0) is 11.2 Å². The van der Waals surface area contributed by atoms with E-state index in [1.54, 1.807) is 29.2 Å². The molecule has 160 valence electrons. The highest BCUT2D eigenvalue weighted by Gasteiger charge is 2.45. The number of carbonyl (C=O) groups excluding carboxylic acids is 3. The predicted molar refractivity (Wildman–Crippen MR) is 120 cm³/mol. The molecule has 0 unspecified atom stereocenters. The zero-order chi connectivity index (χ0) is 22.2. The molecule has 0 fully saturated rings. The van der Waals surface area contributed by atoms with Gasteiger partial charge in [0.15, 0.2) is 0 Å². The molecule has 0 N–H and O–H groups in total. The standard InChI is InChI=1S/C26H22N2O4/c1-17-16-32-23-14-8-7-13-21(23)27(17)26(31)22(15-18-9-3-2-4-10-18)28-24(29)19-11-5-6-12-20(19)25(28)30/h2-14,17,22H,15-16H2,1H3/t17-,22-/m0/s1. The fraction of sp³-hybridized carbons (Fsp3) is 0.192. The molecule has 2 heterocycles. The molecule has 3 aromatic rings. The average Bonchev–Trinajstić information content (AvgIpc) is 3.08. The van der Waals surface area contributed by atoms with Crippen molar-refractivity contribution in [2.45, 2.75) is 25.4 Å². The van der Waals surface area contributed by atoms with Crippen molar-refractivity contribution in [1.29, 1.82) is 0 Å². The van der Waals surface area contributed by atoms with Gasteiger partial charge in [-0.25, -0.2) is 0 Å². The fourth-order valence-electron chi connectivity index (χ4n) is 4.41. The minimum absolute atomic E-state index is 0.234. The zero-order valence-corrected chi connectivity index (χ0v) is 17.6. The van der Waals surface area contributed by atoms with Crippen LogP contribution in [0.25, 0.3) is 0 Å². The second-order valence-electron chi connectivity index (χ2n) is 8.07. The van der Waals surface area contributed by atoms with Crippen LogP contribution < -0.4 is 9.64 Å².